The van der Waals surface area contributed by atoms with E-state index in [1.54, 1.807) is 18.2 Å². The third kappa shape index (κ3) is 3.08. The Bertz CT molecular complexity index is 648. The van der Waals surface area contributed by atoms with Crippen LogP contribution in [0, 0.1) is 0 Å². The van der Waals surface area contributed by atoms with Crippen LogP contribution in [0.3, 0.4) is 0 Å². The summed E-state index contributed by atoms with van der Waals surface area (Å²) in [6, 6.07) is 5.24. The first-order valence-corrected chi connectivity index (χ1v) is 7.87. The van der Waals surface area contributed by atoms with Gasteiger partial charge in [-0.1, -0.05) is 6.07 Å². The first kappa shape index (κ1) is 16.0. The van der Waals surface area contributed by atoms with Crippen molar-refractivity contribution in [2.75, 3.05) is 26.2 Å². The molecule has 2 saturated heterocycles. The summed E-state index contributed by atoms with van der Waals surface area (Å²) in [5, 5.41) is 5.23. The zero-order valence-corrected chi connectivity index (χ0v) is 13.1. The molecule has 0 aromatic heterocycles. The van der Waals surface area contributed by atoms with Crippen molar-refractivity contribution in [2.24, 2.45) is 0 Å². The Morgan fingerprint density at radius 3 is 1.71 bits per heavy atom. The van der Waals surface area contributed by atoms with E-state index < -0.39 is 23.9 Å². The summed E-state index contributed by atoms with van der Waals surface area (Å²) in [6.07, 6.45) is 1.37. The number of hydrogen-bond acceptors (Lipinski definition) is 4. The van der Waals surface area contributed by atoms with Gasteiger partial charge in [-0.3, -0.25) is 19.4 Å². The number of imide groups is 2. The summed E-state index contributed by atoms with van der Waals surface area (Å²) in [6.45, 7) is 1.78. The van der Waals surface area contributed by atoms with Crippen LogP contribution in [-0.2, 0) is 0 Å². The van der Waals surface area contributed by atoms with Gasteiger partial charge < -0.3 is 10.6 Å². The minimum atomic E-state index is -0.454. The number of carbonyl (C=O) groups excluding carboxylic acids is 4. The van der Waals surface area contributed by atoms with Gasteiger partial charge in [0.25, 0.3) is 11.8 Å². The van der Waals surface area contributed by atoms with Gasteiger partial charge in [-0.25, -0.2) is 9.59 Å². The van der Waals surface area contributed by atoms with Crippen molar-refractivity contribution in [3.63, 3.8) is 0 Å². The third-order valence-electron chi connectivity index (χ3n) is 4.01. The number of nitrogens with zero attached hydrogens (tertiary/aromatic N) is 2. The summed E-state index contributed by atoms with van der Waals surface area (Å²) in [5.74, 6) is -0.908. The molecule has 6 amide bonds. The SMILES string of the molecule is O=C1NCCCN1C(=O)c1cccc(C(=O)N2CCCNC2=O)c1. The van der Waals surface area contributed by atoms with Gasteiger partial charge >= 0.3 is 12.1 Å². The molecule has 1 aromatic rings. The maximum Gasteiger partial charge on any atom is 0.324 e. The minimum absolute atomic E-state index is 0.246. The van der Waals surface area contributed by atoms with E-state index in [-0.39, 0.29) is 11.1 Å². The molecule has 2 fully saturated rings. The second-order valence-electron chi connectivity index (χ2n) is 5.67. The maximum absolute atomic E-state index is 12.5. The molecule has 3 rings (SSSR count). The van der Waals surface area contributed by atoms with Crippen molar-refractivity contribution in [1.29, 1.82) is 0 Å². The normalized spacial score (nSPS) is 18.0. The molecule has 0 unspecified atom stereocenters. The van der Waals surface area contributed by atoms with Crippen LogP contribution in [-0.4, -0.2) is 59.9 Å². The molecular weight excluding hydrogens is 312 g/mol. The second kappa shape index (κ2) is 6.69. The number of urea groups is 2. The molecule has 0 spiro atoms. The molecule has 2 N–H and O–H groups in total. The van der Waals surface area contributed by atoms with E-state index in [2.05, 4.69) is 10.6 Å². The number of carbonyl (C=O) groups is 4. The van der Waals surface area contributed by atoms with Crippen LogP contribution in [0.25, 0.3) is 0 Å². The summed E-state index contributed by atoms with van der Waals surface area (Å²) in [7, 11) is 0. The summed E-state index contributed by atoms with van der Waals surface area (Å²) >= 11 is 0. The quantitative estimate of drug-likeness (QED) is 0.838. The molecule has 1 aromatic carbocycles. The lowest BCUT2D eigenvalue weighted by molar-refractivity contribution is 0.0781. The molecule has 24 heavy (non-hydrogen) atoms. The number of nitrogens with one attached hydrogen (secondary N) is 2. The minimum Gasteiger partial charge on any atom is -0.338 e. The standard InChI is InChI=1S/C16H18N4O4/c21-13(19-8-2-6-17-15(19)23)11-4-1-5-12(10-11)14(22)20-9-3-7-18-16(20)24/h1,4-5,10H,2-3,6-9H2,(H,17,23)(H,18,24). The van der Waals surface area contributed by atoms with E-state index in [9.17, 15) is 19.2 Å². The van der Waals surface area contributed by atoms with Crippen LogP contribution < -0.4 is 10.6 Å². The average molecular weight is 330 g/mol. The fourth-order valence-corrected chi connectivity index (χ4v) is 2.74. The van der Waals surface area contributed by atoms with Crippen molar-refractivity contribution in [3.8, 4) is 0 Å². The Hall–Kier alpha value is -2.90. The molecule has 0 radical (unpaired) electrons. The fraction of sp³-hybridized carbons (Fsp3) is 0.375. The van der Waals surface area contributed by atoms with Crippen LogP contribution in [0.5, 0.6) is 0 Å². The van der Waals surface area contributed by atoms with Crippen molar-refractivity contribution < 1.29 is 19.2 Å². The Kier molecular flexibility index (Phi) is 4.45. The molecule has 0 atom stereocenters. The van der Waals surface area contributed by atoms with Gasteiger partial charge in [-0.15, -0.1) is 0 Å². The van der Waals surface area contributed by atoms with Crippen LogP contribution >= 0.6 is 0 Å². The number of hydrogen-bond donors (Lipinski definition) is 2. The Morgan fingerprint density at radius 1 is 0.833 bits per heavy atom. The Morgan fingerprint density at radius 2 is 1.29 bits per heavy atom. The molecule has 2 aliphatic heterocycles. The van der Waals surface area contributed by atoms with Crippen LogP contribution in [0.4, 0.5) is 9.59 Å². The van der Waals surface area contributed by atoms with Crippen LogP contribution in [0.2, 0.25) is 0 Å². The number of rotatable bonds is 2. The van der Waals surface area contributed by atoms with Gasteiger partial charge in [-0.2, -0.15) is 0 Å². The first-order chi connectivity index (χ1) is 11.6. The topological polar surface area (TPSA) is 98.8 Å². The van der Waals surface area contributed by atoms with Crippen molar-refractivity contribution in [1.82, 2.24) is 20.4 Å². The number of benzene rings is 1. The van der Waals surface area contributed by atoms with E-state index in [1.807, 2.05) is 0 Å². The highest BCUT2D eigenvalue weighted by Gasteiger charge is 2.28. The molecular formula is C16H18N4O4. The molecule has 0 aliphatic carbocycles. The summed E-state index contributed by atoms with van der Waals surface area (Å²) < 4.78 is 0. The Balaban J connectivity index is 1.81. The third-order valence-corrected chi connectivity index (χ3v) is 4.01. The average Bonchev–Trinajstić information content (AvgIpc) is 2.61. The lowest BCUT2D eigenvalue weighted by Crippen LogP contribution is -2.50. The molecule has 8 nitrogen and oxygen atoms in total. The summed E-state index contributed by atoms with van der Waals surface area (Å²) in [4.78, 5) is 50.8. The summed E-state index contributed by atoms with van der Waals surface area (Å²) in [5.41, 5.74) is 0.491. The monoisotopic (exact) mass is 330 g/mol. The zero-order valence-electron chi connectivity index (χ0n) is 13.1. The van der Waals surface area contributed by atoms with E-state index in [0.29, 0.717) is 39.0 Å². The van der Waals surface area contributed by atoms with Gasteiger partial charge in [0.2, 0.25) is 0 Å². The van der Waals surface area contributed by atoms with Crippen LogP contribution in [0.15, 0.2) is 24.3 Å². The molecule has 126 valence electrons. The largest absolute Gasteiger partial charge is 0.338 e. The van der Waals surface area contributed by atoms with Gasteiger partial charge in [0.1, 0.15) is 0 Å². The molecule has 2 aliphatic rings. The highest BCUT2D eigenvalue weighted by molar-refractivity contribution is 6.08. The van der Waals surface area contributed by atoms with Gasteiger partial charge in [-0.05, 0) is 31.0 Å². The van der Waals surface area contributed by atoms with Crippen molar-refractivity contribution in [2.45, 2.75) is 12.8 Å². The molecule has 0 bridgehead atoms. The van der Waals surface area contributed by atoms with Crippen molar-refractivity contribution >= 4 is 23.9 Å². The van der Waals surface area contributed by atoms with E-state index in [1.165, 1.54) is 6.07 Å². The van der Waals surface area contributed by atoms with E-state index in [4.69, 9.17) is 0 Å². The van der Waals surface area contributed by atoms with Gasteiger partial charge in [0.15, 0.2) is 0 Å². The van der Waals surface area contributed by atoms with E-state index >= 15 is 0 Å². The predicted molar refractivity (Wildman–Crippen MR) is 84.5 cm³/mol. The maximum atomic E-state index is 12.5. The number of amides is 6. The van der Waals surface area contributed by atoms with E-state index in [0.717, 1.165) is 9.80 Å². The smallest absolute Gasteiger partial charge is 0.324 e. The second-order valence-corrected chi connectivity index (χ2v) is 5.67. The van der Waals surface area contributed by atoms with Crippen LogP contribution in [0.1, 0.15) is 33.6 Å². The first-order valence-electron chi connectivity index (χ1n) is 7.87. The van der Waals surface area contributed by atoms with Gasteiger partial charge in [0.05, 0.1) is 0 Å². The predicted octanol–water partition coefficient (Wildman–Crippen LogP) is 0.798. The highest BCUT2D eigenvalue weighted by Crippen LogP contribution is 2.14. The lowest BCUT2D eigenvalue weighted by atomic mass is 10.1. The lowest BCUT2D eigenvalue weighted by Gasteiger charge is -2.27. The van der Waals surface area contributed by atoms with Crippen molar-refractivity contribution in [3.05, 3.63) is 35.4 Å². The fourth-order valence-electron chi connectivity index (χ4n) is 2.74. The Labute approximate surface area is 138 Å². The molecule has 8 heteroatoms. The van der Waals surface area contributed by atoms with Gasteiger partial charge in [0, 0.05) is 37.3 Å². The zero-order chi connectivity index (χ0) is 17.1. The highest BCUT2D eigenvalue weighted by atomic mass is 16.2. The molecule has 0 saturated carbocycles. The molecule has 2 heterocycles.